The molecule has 0 unspecified atom stereocenters. The predicted octanol–water partition coefficient (Wildman–Crippen LogP) is 4.11. The molecule has 0 saturated carbocycles. The standard InChI is InChI=1S/C11H10Cl2F3NO/c1-6-5-17(10(18-6)11(14,15)16)7-2-3-8(12)9(13)4-7/h2-4,6,10H,5H2,1H3/t6-,10+/m0/s1. The highest BCUT2D eigenvalue weighted by Crippen LogP contribution is 2.36. The molecule has 1 fully saturated rings. The van der Waals surface area contributed by atoms with Crippen LogP contribution < -0.4 is 4.90 Å². The van der Waals surface area contributed by atoms with Gasteiger partial charge in [0.1, 0.15) is 0 Å². The average Bonchev–Trinajstić information content (AvgIpc) is 2.64. The second-order valence-electron chi connectivity index (χ2n) is 4.09. The third-order valence-electron chi connectivity index (χ3n) is 2.61. The lowest BCUT2D eigenvalue weighted by molar-refractivity contribution is -0.212. The molecular weight excluding hydrogens is 290 g/mol. The molecule has 0 aliphatic carbocycles. The van der Waals surface area contributed by atoms with Gasteiger partial charge in [-0.2, -0.15) is 13.2 Å². The molecule has 18 heavy (non-hydrogen) atoms. The Kier molecular flexibility index (Phi) is 3.67. The van der Waals surface area contributed by atoms with E-state index in [0.29, 0.717) is 10.7 Å². The van der Waals surface area contributed by atoms with Crippen LogP contribution in [0.2, 0.25) is 10.0 Å². The van der Waals surface area contributed by atoms with E-state index in [1.54, 1.807) is 6.92 Å². The van der Waals surface area contributed by atoms with Crippen molar-refractivity contribution in [3.63, 3.8) is 0 Å². The molecule has 0 aromatic heterocycles. The summed E-state index contributed by atoms with van der Waals surface area (Å²) in [5.41, 5.74) is 0.344. The second kappa shape index (κ2) is 4.79. The number of hydrogen-bond acceptors (Lipinski definition) is 2. The van der Waals surface area contributed by atoms with Crippen LogP contribution in [0.25, 0.3) is 0 Å². The van der Waals surface area contributed by atoms with Crippen molar-refractivity contribution in [3.05, 3.63) is 28.2 Å². The number of hydrogen-bond donors (Lipinski definition) is 0. The van der Waals surface area contributed by atoms with Gasteiger partial charge in [-0.1, -0.05) is 23.2 Å². The zero-order valence-electron chi connectivity index (χ0n) is 9.34. The van der Waals surface area contributed by atoms with Crippen LogP contribution in [0.1, 0.15) is 6.92 Å². The van der Waals surface area contributed by atoms with Gasteiger partial charge in [0.2, 0.25) is 6.23 Å². The van der Waals surface area contributed by atoms with Gasteiger partial charge in [-0.05, 0) is 25.1 Å². The van der Waals surface area contributed by atoms with Gasteiger partial charge < -0.3 is 9.64 Å². The van der Waals surface area contributed by atoms with Crippen molar-refractivity contribution >= 4 is 28.9 Å². The Morgan fingerprint density at radius 2 is 1.94 bits per heavy atom. The topological polar surface area (TPSA) is 12.5 Å². The van der Waals surface area contributed by atoms with Gasteiger partial charge in [-0.15, -0.1) is 0 Å². The van der Waals surface area contributed by atoms with Gasteiger partial charge in [-0.25, -0.2) is 0 Å². The van der Waals surface area contributed by atoms with Crippen LogP contribution in [-0.2, 0) is 4.74 Å². The van der Waals surface area contributed by atoms with Gasteiger partial charge in [0.25, 0.3) is 0 Å². The summed E-state index contributed by atoms with van der Waals surface area (Å²) in [6, 6.07) is 4.37. The van der Waals surface area contributed by atoms with E-state index < -0.39 is 18.5 Å². The predicted molar refractivity (Wildman–Crippen MR) is 64.2 cm³/mol. The molecule has 1 heterocycles. The number of rotatable bonds is 1. The zero-order valence-corrected chi connectivity index (χ0v) is 10.9. The Bertz CT molecular complexity index is 452. The Hall–Kier alpha value is -0.650. The summed E-state index contributed by atoms with van der Waals surface area (Å²) < 4.78 is 43.4. The molecule has 1 aromatic rings. The molecule has 0 bridgehead atoms. The van der Waals surface area contributed by atoms with Crippen LogP contribution in [-0.4, -0.2) is 25.1 Å². The number of anilines is 1. The monoisotopic (exact) mass is 299 g/mol. The number of benzene rings is 1. The normalized spacial score (nSPS) is 24.7. The highest BCUT2D eigenvalue weighted by atomic mass is 35.5. The van der Waals surface area contributed by atoms with Gasteiger partial charge in [0, 0.05) is 12.2 Å². The fraction of sp³-hybridized carbons (Fsp3) is 0.455. The van der Waals surface area contributed by atoms with Gasteiger partial charge in [0.15, 0.2) is 0 Å². The molecule has 1 aromatic carbocycles. The largest absolute Gasteiger partial charge is 0.433 e. The van der Waals surface area contributed by atoms with Crippen molar-refractivity contribution in [1.82, 2.24) is 0 Å². The summed E-state index contributed by atoms with van der Waals surface area (Å²) in [4.78, 5) is 1.13. The maximum atomic E-state index is 12.8. The summed E-state index contributed by atoms with van der Waals surface area (Å²) in [5.74, 6) is 0. The van der Waals surface area contributed by atoms with E-state index in [9.17, 15) is 13.2 Å². The molecule has 0 amide bonds. The molecule has 0 spiro atoms. The molecule has 2 nitrogen and oxygen atoms in total. The number of nitrogens with zero attached hydrogens (tertiary/aromatic N) is 1. The lowest BCUT2D eigenvalue weighted by atomic mass is 10.2. The van der Waals surface area contributed by atoms with Crippen molar-refractivity contribution in [2.24, 2.45) is 0 Å². The lowest BCUT2D eigenvalue weighted by Crippen LogP contribution is -2.42. The highest BCUT2D eigenvalue weighted by molar-refractivity contribution is 6.42. The van der Waals surface area contributed by atoms with E-state index in [1.165, 1.54) is 18.2 Å². The molecular formula is C11H10Cl2F3NO. The first-order valence-corrected chi connectivity index (χ1v) is 5.98. The fourth-order valence-corrected chi connectivity index (χ4v) is 2.16. The SMILES string of the molecule is C[C@H]1CN(c2ccc(Cl)c(Cl)c2)[C@@H](C(F)(F)F)O1. The summed E-state index contributed by atoms with van der Waals surface area (Å²) in [7, 11) is 0. The molecule has 1 saturated heterocycles. The Morgan fingerprint density at radius 3 is 2.50 bits per heavy atom. The minimum absolute atomic E-state index is 0.155. The first kappa shape index (κ1) is 13.8. The summed E-state index contributed by atoms with van der Waals surface area (Å²) in [6.07, 6.45) is -6.88. The molecule has 0 radical (unpaired) electrons. The molecule has 7 heteroatoms. The highest BCUT2D eigenvalue weighted by Gasteiger charge is 2.49. The molecule has 100 valence electrons. The Balaban J connectivity index is 2.33. The van der Waals surface area contributed by atoms with Crippen LogP contribution in [0.5, 0.6) is 0 Å². The van der Waals surface area contributed by atoms with Gasteiger partial charge >= 0.3 is 6.18 Å². The number of alkyl halides is 3. The van der Waals surface area contributed by atoms with E-state index in [2.05, 4.69) is 0 Å². The maximum absolute atomic E-state index is 12.8. The van der Waals surface area contributed by atoms with E-state index in [4.69, 9.17) is 27.9 Å². The van der Waals surface area contributed by atoms with Crippen LogP contribution in [0.3, 0.4) is 0 Å². The number of ether oxygens (including phenoxy) is 1. The average molecular weight is 300 g/mol. The van der Waals surface area contributed by atoms with Crippen LogP contribution >= 0.6 is 23.2 Å². The quantitative estimate of drug-likeness (QED) is 0.774. The van der Waals surface area contributed by atoms with Crippen molar-refractivity contribution in [2.45, 2.75) is 25.4 Å². The van der Waals surface area contributed by atoms with E-state index in [0.717, 1.165) is 4.90 Å². The first-order valence-electron chi connectivity index (χ1n) is 5.23. The third kappa shape index (κ3) is 2.68. The van der Waals surface area contributed by atoms with Crippen LogP contribution in [0.4, 0.5) is 18.9 Å². The van der Waals surface area contributed by atoms with Crippen molar-refractivity contribution in [1.29, 1.82) is 0 Å². The second-order valence-corrected chi connectivity index (χ2v) is 4.91. The van der Waals surface area contributed by atoms with Crippen LogP contribution in [0, 0.1) is 0 Å². The third-order valence-corrected chi connectivity index (χ3v) is 3.35. The summed E-state index contributed by atoms with van der Waals surface area (Å²) in [5, 5.41) is 0.520. The molecule has 1 aliphatic heterocycles. The van der Waals surface area contributed by atoms with Crippen LogP contribution in [0.15, 0.2) is 18.2 Å². The maximum Gasteiger partial charge on any atom is 0.433 e. The Morgan fingerprint density at radius 1 is 1.28 bits per heavy atom. The van der Waals surface area contributed by atoms with Crippen molar-refractivity contribution in [2.75, 3.05) is 11.4 Å². The molecule has 2 atom stereocenters. The molecule has 0 N–H and O–H groups in total. The first-order chi connectivity index (χ1) is 8.29. The van der Waals surface area contributed by atoms with Gasteiger partial charge in [0.05, 0.1) is 16.1 Å². The van der Waals surface area contributed by atoms with E-state index in [1.807, 2.05) is 0 Å². The van der Waals surface area contributed by atoms with Gasteiger partial charge in [-0.3, -0.25) is 0 Å². The molecule has 1 aliphatic rings. The minimum Gasteiger partial charge on any atom is -0.345 e. The van der Waals surface area contributed by atoms with Crippen molar-refractivity contribution in [3.8, 4) is 0 Å². The zero-order chi connectivity index (χ0) is 13.5. The molecule has 2 rings (SSSR count). The van der Waals surface area contributed by atoms with Crippen molar-refractivity contribution < 1.29 is 17.9 Å². The fourth-order valence-electron chi connectivity index (χ4n) is 1.87. The Labute approximate surface area is 112 Å². The van der Waals surface area contributed by atoms with E-state index >= 15 is 0 Å². The lowest BCUT2D eigenvalue weighted by Gasteiger charge is -2.26. The summed E-state index contributed by atoms with van der Waals surface area (Å²) >= 11 is 11.5. The minimum atomic E-state index is -4.45. The summed E-state index contributed by atoms with van der Waals surface area (Å²) in [6.45, 7) is 1.75. The smallest absolute Gasteiger partial charge is 0.345 e. The van der Waals surface area contributed by atoms with E-state index in [-0.39, 0.29) is 11.6 Å². The number of halogens is 5.